The summed E-state index contributed by atoms with van der Waals surface area (Å²) in [4.78, 5) is 26.0. The van der Waals surface area contributed by atoms with E-state index in [-0.39, 0.29) is 12.0 Å². The van der Waals surface area contributed by atoms with Crippen molar-refractivity contribution in [2.24, 2.45) is 0 Å². The second-order valence-corrected chi connectivity index (χ2v) is 8.42. The standard InChI is InChI=1S/C26H26ClN3O3/c1-17-6-3-4-7-21(17)18-9-14-23(22(27)16-18)28-19-10-12-20(13-11-19)29-26(32)30-15-5-8-24(30)25(31)33-2/h3-4,6-7,9-14,16,24,28H,5,8,15H2,1-2H3,(H,29,32). The molecule has 0 bridgehead atoms. The molecule has 2 amide bonds. The van der Waals surface area contributed by atoms with Crippen molar-refractivity contribution in [3.63, 3.8) is 0 Å². The van der Waals surface area contributed by atoms with Crippen LogP contribution in [-0.2, 0) is 9.53 Å². The van der Waals surface area contributed by atoms with Crippen LogP contribution in [-0.4, -0.2) is 36.6 Å². The molecule has 1 aliphatic heterocycles. The summed E-state index contributed by atoms with van der Waals surface area (Å²) in [5.74, 6) is -0.382. The molecule has 0 aromatic heterocycles. The van der Waals surface area contributed by atoms with Gasteiger partial charge >= 0.3 is 12.0 Å². The maximum atomic E-state index is 12.6. The summed E-state index contributed by atoms with van der Waals surface area (Å²) in [7, 11) is 1.34. The highest BCUT2D eigenvalue weighted by molar-refractivity contribution is 6.33. The van der Waals surface area contributed by atoms with Gasteiger partial charge in [-0.3, -0.25) is 0 Å². The molecule has 2 N–H and O–H groups in total. The lowest BCUT2D eigenvalue weighted by Crippen LogP contribution is -2.43. The number of anilines is 3. The van der Waals surface area contributed by atoms with E-state index in [0.29, 0.717) is 23.7 Å². The number of carbonyl (C=O) groups excluding carboxylic acids is 2. The second-order valence-electron chi connectivity index (χ2n) is 8.02. The van der Waals surface area contributed by atoms with Gasteiger partial charge < -0.3 is 20.3 Å². The molecule has 1 heterocycles. The molecular formula is C26H26ClN3O3. The van der Waals surface area contributed by atoms with Crippen LogP contribution in [0.25, 0.3) is 11.1 Å². The van der Waals surface area contributed by atoms with Gasteiger partial charge in [0.2, 0.25) is 0 Å². The van der Waals surface area contributed by atoms with Crippen LogP contribution in [0.2, 0.25) is 5.02 Å². The van der Waals surface area contributed by atoms with E-state index in [1.54, 1.807) is 12.1 Å². The topological polar surface area (TPSA) is 70.7 Å². The Morgan fingerprint density at radius 1 is 1.03 bits per heavy atom. The van der Waals surface area contributed by atoms with Crippen LogP contribution < -0.4 is 10.6 Å². The number of benzene rings is 3. The minimum Gasteiger partial charge on any atom is -0.467 e. The summed E-state index contributed by atoms with van der Waals surface area (Å²) in [5, 5.41) is 6.79. The van der Waals surface area contributed by atoms with Crippen LogP contribution in [0.1, 0.15) is 18.4 Å². The Hall–Kier alpha value is -3.51. The number of rotatable bonds is 5. The van der Waals surface area contributed by atoms with Gasteiger partial charge in [-0.15, -0.1) is 0 Å². The molecule has 1 saturated heterocycles. The molecule has 4 rings (SSSR count). The third kappa shape index (κ3) is 5.12. The summed E-state index contributed by atoms with van der Waals surface area (Å²) < 4.78 is 4.81. The normalized spacial score (nSPS) is 15.2. The van der Waals surface area contributed by atoms with Gasteiger partial charge in [-0.05, 0) is 72.9 Å². The van der Waals surface area contributed by atoms with Crippen LogP contribution in [0, 0.1) is 6.92 Å². The molecular weight excluding hydrogens is 438 g/mol. The molecule has 3 aromatic carbocycles. The van der Waals surface area contributed by atoms with E-state index in [9.17, 15) is 9.59 Å². The van der Waals surface area contributed by atoms with Gasteiger partial charge in [0.05, 0.1) is 17.8 Å². The molecule has 1 atom stereocenters. The first-order valence-corrected chi connectivity index (χ1v) is 11.2. The van der Waals surface area contributed by atoms with Gasteiger partial charge in [-0.25, -0.2) is 9.59 Å². The van der Waals surface area contributed by atoms with Crippen molar-refractivity contribution in [3.8, 4) is 11.1 Å². The van der Waals surface area contributed by atoms with E-state index in [4.69, 9.17) is 16.3 Å². The molecule has 7 heteroatoms. The lowest BCUT2D eigenvalue weighted by Gasteiger charge is -2.23. The number of hydrogen-bond donors (Lipinski definition) is 2. The Morgan fingerprint density at radius 3 is 2.45 bits per heavy atom. The summed E-state index contributed by atoms with van der Waals surface area (Å²) in [6.45, 7) is 2.61. The molecule has 0 radical (unpaired) electrons. The maximum absolute atomic E-state index is 12.6. The first-order valence-electron chi connectivity index (χ1n) is 10.8. The first kappa shape index (κ1) is 22.7. The highest BCUT2D eigenvalue weighted by atomic mass is 35.5. The van der Waals surface area contributed by atoms with Crippen molar-refractivity contribution in [1.29, 1.82) is 0 Å². The minimum atomic E-state index is -0.527. The van der Waals surface area contributed by atoms with E-state index in [1.165, 1.54) is 17.6 Å². The number of esters is 1. The van der Waals surface area contributed by atoms with Gasteiger partial charge in [0.1, 0.15) is 6.04 Å². The smallest absolute Gasteiger partial charge is 0.328 e. The van der Waals surface area contributed by atoms with Crippen molar-refractivity contribution < 1.29 is 14.3 Å². The molecule has 6 nitrogen and oxygen atoms in total. The third-order valence-corrected chi connectivity index (χ3v) is 6.14. The predicted octanol–water partition coefficient (Wildman–Crippen LogP) is 6.23. The quantitative estimate of drug-likeness (QED) is 0.440. The first-order chi connectivity index (χ1) is 16.0. The van der Waals surface area contributed by atoms with Crippen molar-refractivity contribution in [1.82, 2.24) is 4.90 Å². The number of nitrogens with one attached hydrogen (secondary N) is 2. The second kappa shape index (κ2) is 9.96. The van der Waals surface area contributed by atoms with Crippen LogP contribution in [0.3, 0.4) is 0 Å². The number of aryl methyl sites for hydroxylation is 1. The van der Waals surface area contributed by atoms with Crippen molar-refractivity contribution >= 4 is 40.7 Å². The number of carbonyl (C=O) groups is 2. The average Bonchev–Trinajstić information content (AvgIpc) is 3.32. The van der Waals surface area contributed by atoms with Crippen molar-refractivity contribution in [3.05, 3.63) is 77.3 Å². The molecule has 0 spiro atoms. The van der Waals surface area contributed by atoms with E-state index >= 15 is 0 Å². The Balaban J connectivity index is 1.41. The van der Waals surface area contributed by atoms with Gasteiger partial charge in [-0.1, -0.05) is 41.9 Å². The zero-order valence-corrected chi connectivity index (χ0v) is 19.4. The van der Waals surface area contributed by atoms with Gasteiger partial charge in [0, 0.05) is 17.9 Å². The summed E-state index contributed by atoms with van der Waals surface area (Å²) >= 11 is 6.54. The van der Waals surface area contributed by atoms with Crippen LogP contribution in [0.4, 0.5) is 21.9 Å². The minimum absolute atomic E-state index is 0.307. The van der Waals surface area contributed by atoms with E-state index in [2.05, 4.69) is 29.7 Å². The number of methoxy groups -OCH3 is 1. The fourth-order valence-electron chi connectivity index (χ4n) is 4.06. The number of amides is 2. The summed E-state index contributed by atoms with van der Waals surface area (Å²) in [6, 6.07) is 20.6. The molecule has 170 valence electrons. The number of nitrogens with zero attached hydrogens (tertiary/aromatic N) is 1. The van der Waals surface area contributed by atoms with Crippen LogP contribution in [0.15, 0.2) is 66.7 Å². The lowest BCUT2D eigenvalue weighted by molar-refractivity contribution is -0.144. The monoisotopic (exact) mass is 463 g/mol. The van der Waals surface area contributed by atoms with Gasteiger partial charge in [-0.2, -0.15) is 0 Å². The number of hydrogen-bond acceptors (Lipinski definition) is 4. The van der Waals surface area contributed by atoms with Crippen LogP contribution >= 0.6 is 11.6 Å². The highest BCUT2D eigenvalue weighted by Crippen LogP contribution is 2.32. The molecule has 0 saturated carbocycles. The van der Waals surface area contributed by atoms with E-state index in [0.717, 1.165) is 28.9 Å². The molecule has 3 aromatic rings. The number of ether oxygens (including phenoxy) is 1. The SMILES string of the molecule is COC(=O)C1CCCN1C(=O)Nc1ccc(Nc2ccc(-c3ccccc3C)cc2Cl)cc1. The van der Waals surface area contributed by atoms with Crippen LogP contribution in [0.5, 0.6) is 0 Å². The predicted molar refractivity (Wildman–Crippen MR) is 132 cm³/mol. The Morgan fingerprint density at radius 2 is 1.76 bits per heavy atom. The number of urea groups is 1. The Labute approximate surface area is 198 Å². The molecule has 0 aliphatic carbocycles. The van der Waals surface area contributed by atoms with Crippen molar-refractivity contribution in [2.75, 3.05) is 24.3 Å². The van der Waals surface area contributed by atoms with E-state index < -0.39 is 6.04 Å². The summed E-state index contributed by atoms with van der Waals surface area (Å²) in [5.41, 5.74) is 5.68. The molecule has 1 unspecified atom stereocenters. The van der Waals surface area contributed by atoms with Gasteiger partial charge in [0.25, 0.3) is 0 Å². The fraction of sp³-hybridized carbons (Fsp3) is 0.231. The molecule has 33 heavy (non-hydrogen) atoms. The fourth-order valence-corrected chi connectivity index (χ4v) is 4.29. The number of likely N-dealkylation sites (tertiary alicyclic amines) is 1. The Bertz CT molecular complexity index is 1160. The van der Waals surface area contributed by atoms with Crippen molar-refractivity contribution in [2.45, 2.75) is 25.8 Å². The average molecular weight is 464 g/mol. The summed E-state index contributed by atoms with van der Waals surface area (Å²) in [6.07, 6.45) is 1.39. The van der Waals surface area contributed by atoms with E-state index in [1.807, 2.05) is 42.5 Å². The zero-order valence-electron chi connectivity index (χ0n) is 18.6. The van der Waals surface area contributed by atoms with Gasteiger partial charge in [0.15, 0.2) is 0 Å². The Kier molecular flexibility index (Phi) is 6.84. The maximum Gasteiger partial charge on any atom is 0.328 e. The largest absolute Gasteiger partial charge is 0.467 e. The molecule has 1 fully saturated rings. The number of halogens is 1. The highest BCUT2D eigenvalue weighted by Gasteiger charge is 2.34. The molecule has 1 aliphatic rings. The third-order valence-electron chi connectivity index (χ3n) is 5.83. The lowest BCUT2D eigenvalue weighted by atomic mass is 10.0. The zero-order chi connectivity index (χ0) is 23.4.